The van der Waals surface area contributed by atoms with Gasteiger partial charge in [-0.25, -0.2) is 0 Å². The van der Waals surface area contributed by atoms with Crippen molar-refractivity contribution in [2.75, 3.05) is 6.61 Å². The Labute approximate surface area is 82.7 Å². The zero-order valence-electron chi connectivity index (χ0n) is 9.34. The first-order chi connectivity index (χ1) is 6.28. The molecule has 0 heterocycles. The monoisotopic (exact) mass is 187 g/mol. The standard InChI is InChI=1S/C11H25NO/c1-4-7-8-10(5-2)12-11(6-3)9-13/h10-13H,4-9H2,1-3H3/t10?,11-/m1/s1. The van der Waals surface area contributed by atoms with Crippen LogP contribution >= 0.6 is 0 Å². The minimum absolute atomic E-state index is 0.263. The van der Waals surface area contributed by atoms with Crippen molar-refractivity contribution in [2.45, 2.75) is 65.0 Å². The van der Waals surface area contributed by atoms with Gasteiger partial charge in [0.25, 0.3) is 0 Å². The lowest BCUT2D eigenvalue weighted by Gasteiger charge is -2.22. The molecule has 0 saturated heterocycles. The second-order valence-electron chi connectivity index (χ2n) is 3.70. The molecule has 80 valence electrons. The molecule has 0 amide bonds. The molecule has 0 aromatic carbocycles. The average Bonchev–Trinajstić information content (AvgIpc) is 2.19. The summed E-state index contributed by atoms with van der Waals surface area (Å²) in [6.07, 6.45) is 5.96. The maximum absolute atomic E-state index is 9.03. The van der Waals surface area contributed by atoms with E-state index < -0.39 is 0 Å². The van der Waals surface area contributed by atoms with Crippen LogP contribution in [0, 0.1) is 0 Å². The second kappa shape index (κ2) is 8.52. The van der Waals surface area contributed by atoms with Crippen molar-refractivity contribution in [1.29, 1.82) is 0 Å². The predicted octanol–water partition coefficient (Wildman–Crippen LogP) is 2.32. The van der Waals surface area contributed by atoms with Crippen LogP contribution in [0.3, 0.4) is 0 Å². The molecule has 0 aliphatic rings. The zero-order valence-corrected chi connectivity index (χ0v) is 9.34. The van der Waals surface area contributed by atoms with E-state index in [1.165, 1.54) is 19.3 Å². The first-order valence-corrected chi connectivity index (χ1v) is 5.65. The van der Waals surface area contributed by atoms with E-state index in [-0.39, 0.29) is 6.61 Å². The minimum Gasteiger partial charge on any atom is -0.395 e. The summed E-state index contributed by atoms with van der Waals surface area (Å²) >= 11 is 0. The van der Waals surface area contributed by atoms with Crippen LogP contribution in [-0.2, 0) is 0 Å². The van der Waals surface area contributed by atoms with E-state index >= 15 is 0 Å². The van der Waals surface area contributed by atoms with Crippen molar-refractivity contribution in [3.05, 3.63) is 0 Å². The Morgan fingerprint density at radius 3 is 2.08 bits per heavy atom. The van der Waals surface area contributed by atoms with Gasteiger partial charge in [-0.3, -0.25) is 0 Å². The quantitative estimate of drug-likeness (QED) is 0.611. The molecule has 2 atom stereocenters. The molecule has 0 saturated carbocycles. The van der Waals surface area contributed by atoms with Crippen LogP contribution < -0.4 is 5.32 Å². The third kappa shape index (κ3) is 6.05. The second-order valence-corrected chi connectivity index (χ2v) is 3.70. The van der Waals surface area contributed by atoms with Crippen molar-refractivity contribution in [3.8, 4) is 0 Å². The van der Waals surface area contributed by atoms with E-state index in [0.29, 0.717) is 12.1 Å². The number of aliphatic hydroxyl groups is 1. The molecule has 0 fully saturated rings. The van der Waals surface area contributed by atoms with Gasteiger partial charge < -0.3 is 10.4 Å². The summed E-state index contributed by atoms with van der Waals surface area (Å²) < 4.78 is 0. The molecule has 2 N–H and O–H groups in total. The van der Waals surface area contributed by atoms with Gasteiger partial charge in [-0.1, -0.05) is 33.6 Å². The molecule has 0 aliphatic heterocycles. The number of aliphatic hydroxyl groups excluding tert-OH is 1. The molecule has 0 aromatic rings. The molecular formula is C11H25NO. The first-order valence-electron chi connectivity index (χ1n) is 5.65. The van der Waals surface area contributed by atoms with Crippen molar-refractivity contribution in [1.82, 2.24) is 5.32 Å². The summed E-state index contributed by atoms with van der Waals surface area (Å²) in [6.45, 7) is 6.80. The summed E-state index contributed by atoms with van der Waals surface area (Å²) in [5.41, 5.74) is 0. The number of hydrogen-bond donors (Lipinski definition) is 2. The lowest BCUT2D eigenvalue weighted by atomic mass is 10.1. The maximum Gasteiger partial charge on any atom is 0.0584 e. The lowest BCUT2D eigenvalue weighted by Crippen LogP contribution is -2.39. The fourth-order valence-electron chi connectivity index (χ4n) is 1.49. The lowest BCUT2D eigenvalue weighted by molar-refractivity contribution is 0.223. The fourth-order valence-corrected chi connectivity index (χ4v) is 1.49. The highest BCUT2D eigenvalue weighted by molar-refractivity contribution is 4.71. The highest BCUT2D eigenvalue weighted by Crippen LogP contribution is 2.05. The Morgan fingerprint density at radius 1 is 1.08 bits per heavy atom. The van der Waals surface area contributed by atoms with Gasteiger partial charge in [0.15, 0.2) is 0 Å². The highest BCUT2D eigenvalue weighted by Gasteiger charge is 2.10. The van der Waals surface area contributed by atoms with Gasteiger partial charge in [-0.2, -0.15) is 0 Å². The van der Waals surface area contributed by atoms with E-state index in [2.05, 4.69) is 26.1 Å². The predicted molar refractivity (Wildman–Crippen MR) is 57.9 cm³/mol. The van der Waals surface area contributed by atoms with Crippen LogP contribution in [0.5, 0.6) is 0 Å². The van der Waals surface area contributed by atoms with Gasteiger partial charge in [0.05, 0.1) is 6.61 Å². The smallest absolute Gasteiger partial charge is 0.0584 e. The molecule has 0 rings (SSSR count). The van der Waals surface area contributed by atoms with Gasteiger partial charge in [-0.15, -0.1) is 0 Å². The molecular weight excluding hydrogens is 162 g/mol. The molecule has 13 heavy (non-hydrogen) atoms. The number of nitrogens with one attached hydrogen (secondary N) is 1. The number of rotatable bonds is 8. The average molecular weight is 187 g/mol. The van der Waals surface area contributed by atoms with E-state index in [0.717, 1.165) is 12.8 Å². The fraction of sp³-hybridized carbons (Fsp3) is 1.00. The van der Waals surface area contributed by atoms with Crippen molar-refractivity contribution in [2.24, 2.45) is 0 Å². The SMILES string of the molecule is CCCCC(CC)N[C@H](CC)CO. The molecule has 0 bridgehead atoms. The summed E-state index contributed by atoms with van der Waals surface area (Å²) in [5.74, 6) is 0. The molecule has 1 unspecified atom stereocenters. The maximum atomic E-state index is 9.03. The van der Waals surface area contributed by atoms with E-state index in [1.54, 1.807) is 0 Å². The Bertz CT molecular complexity index is 102. The zero-order chi connectivity index (χ0) is 10.1. The topological polar surface area (TPSA) is 32.3 Å². The van der Waals surface area contributed by atoms with Gasteiger partial charge in [0.2, 0.25) is 0 Å². The Kier molecular flexibility index (Phi) is 8.46. The normalized spacial score (nSPS) is 15.7. The molecule has 2 nitrogen and oxygen atoms in total. The summed E-state index contributed by atoms with van der Waals surface area (Å²) in [4.78, 5) is 0. The summed E-state index contributed by atoms with van der Waals surface area (Å²) in [7, 11) is 0. The molecule has 0 aliphatic carbocycles. The van der Waals surface area contributed by atoms with Gasteiger partial charge in [0.1, 0.15) is 0 Å². The van der Waals surface area contributed by atoms with Crippen LogP contribution in [-0.4, -0.2) is 23.8 Å². The van der Waals surface area contributed by atoms with Crippen molar-refractivity contribution < 1.29 is 5.11 Å². The Morgan fingerprint density at radius 2 is 1.69 bits per heavy atom. The van der Waals surface area contributed by atoms with Gasteiger partial charge in [0, 0.05) is 12.1 Å². The van der Waals surface area contributed by atoms with Gasteiger partial charge >= 0.3 is 0 Å². The third-order valence-electron chi connectivity index (χ3n) is 2.58. The minimum atomic E-state index is 0.263. The van der Waals surface area contributed by atoms with E-state index in [9.17, 15) is 0 Å². The van der Waals surface area contributed by atoms with Crippen LogP contribution in [0.2, 0.25) is 0 Å². The number of hydrogen-bond acceptors (Lipinski definition) is 2. The van der Waals surface area contributed by atoms with Gasteiger partial charge in [-0.05, 0) is 19.3 Å². The molecule has 0 spiro atoms. The summed E-state index contributed by atoms with van der Waals surface area (Å²) in [5, 5.41) is 12.5. The molecule has 2 heteroatoms. The van der Waals surface area contributed by atoms with E-state index in [1.807, 2.05) is 0 Å². The van der Waals surface area contributed by atoms with Crippen LogP contribution in [0.1, 0.15) is 52.9 Å². The summed E-state index contributed by atoms with van der Waals surface area (Å²) in [6, 6.07) is 0.888. The Balaban J connectivity index is 3.67. The van der Waals surface area contributed by atoms with Crippen LogP contribution in [0.25, 0.3) is 0 Å². The highest BCUT2D eigenvalue weighted by atomic mass is 16.3. The van der Waals surface area contributed by atoms with Crippen molar-refractivity contribution in [3.63, 3.8) is 0 Å². The van der Waals surface area contributed by atoms with Crippen LogP contribution in [0.15, 0.2) is 0 Å². The third-order valence-corrected chi connectivity index (χ3v) is 2.58. The van der Waals surface area contributed by atoms with Crippen LogP contribution in [0.4, 0.5) is 0 Å². The Hall–Kier alpha value is -0.0800. The van der Waals surface area contributed by atoms with Crippen molar-refractivity contribution >= 4 is 0 Å². The first kappa shape index (κ1) is 12.9. The largest absolute Gasteiger partial charge is 0.395 e. The number of unbranched alkanes of at least 4 members (excludes halogenated alkanes) is 1. The molecule has 0 radical (unpaired) electrons. The van der Waals surface area contributed by atoms with E-state index in [4.69, 9.17) is 5.11 Å². The molecule has 0 aromatic heterocycles.